The Morgan fingerprint density at radius 3 is 2.45 bits per heavy atom. The van der Waals surface area contributed by atoms with E-state index in [9.17, 15) is 18.0 Å². The van der Waals surface area contributed by atoms with Crippen molar-refractivity contribution in [3.8, 4) is 0 Å². The number of thioether (sulfide) groups is 1. The van der Waals surface area contributed by atoms with Crippen molar-refractivity contribution in [2.45, 2.75) is 69.2 Å². The van der Waals surface area contributed by atoms with Crippen molar-refractivity contribution in [3.63, 3.8) is 0 Å². The molecule has 0 radical (unpaired) electrons. The van der Waals surface area contributed by atoms with E-state index in [0.717, 1.165) is 11.4 Å². The molecule has 0 unspecified atom stereocenters. The molecule has 1 saturated carbocycles. The minimum atomic E-state index is -3.19. The first kappa shape index (κ1) is 26.0. The van der Waals surface area contributed by atoms with Crippen LogP contribution in [0.25, 0.3) is 0 Å². The van der Waals surface area contributed by atoms with Crippen LogP contribution < -0.4 is 10.6 Å². The Hall–Kier alpha value is -1.58. The van der Waals surface area contributed by atoms with Crippen LogP contribution in [-0.4, -0.2) is 61.7 Å². The average molecular weight is 496 g/mol. The number of piperidine rings is 1. The molecule has 2 amide bonds. The van der Waals surface area contributed by atoms with Gasteiger partial charge in [-0.05, 0) is 50.2 Å². The summed E-state index contributed by atoms with van der Waals surface area (Å²) in [6, 6.07) is 7.28. The Labute approximate surface area is 202 Å². The molecule has 0 atom stereocenters. The monoisotopic (exact) mass is 495 g/mol. The summed E-state index contributed by atoms with van der Waals surface area (Å²) in [5, 5.41) is 6.11. The number of hydrogen-bond donors (Lipinski definition) is 2. The Balaban J connectivity index is 1.47. The van der Waals surface area contributed by atoms with Gasteiger partial charge in [0.25, 0.3) is 5.91 Å². The van der Waals surface area contributed by atoms with Crippen LogP contribution in [0.4, 0.5) is 0 Å². The molecule has 33 heavy (non-hydrogen) atoms. The van der Waals surface area contributed by atoms with Crippen LogP contribution in [0.2, 0.25) is 0 Å². The van der Waals surface area contributed by atoms with E-state index < -0.39 is 10.0 Å². The van der Waals surface area contributed by atoms with Crippen LogP contribution in [0, 0.1) is 5.92 Å². The molecule has 1 aliphatic heterocycles. The van der Waals surface area contributed by atoms with Gasteiger partial charge in [-0.25, -0.2) is 12.7 Å². The van der Waals surface area contributed by atoms with Gasteiger partial charge in [0.1, 0.15) is 0 Å². The molecule has 1 aromatic rings. The number of carbonyl (C=O) groups is 2. The molecule has 0 bridgehead atoms. The molecule has 2 fully saturated rings. The summed E-state index contributed by atoms with van der Waals surface area (Å²) in [7, 11) is -3.19. The van der Waals surface area contributed by atoms with Crippen LogP contribution in [0.15, 0.2) is 29.2 Å². The summed E-state index contributed by atoms with van der Waals surface area (Å²) in [6.45, 7) is 3.48. The maximum absolute atomic E-state index is 12.9. The zero-order chi connectivity index (χ0) is 23.7. The molecular formula is C24H37N3O4S2. The highest BCUT2D eigenvalue weighted by Crippen LogP contribution is 2.25. The van der Waals surface area contributed by atoms with Crippen LogP contribution in [-0.2, 0) is 14.8 Å². The lowest BCUT2D eigenvalue weighted by atomic mass is 9.89. The normalized spacial score (nSPS) is 18.7. The van der Waals surface area contributed by atoms with Gasteiger partial charge in [0, 0.05) is 30.6 Å². The number of nitrogens with one attached hydrogen (secondary N) is 2. The molecule has 2 aliphatic rings. The molecule has 3 rings (SSSR count). The highest BCUT2D eigenvalue weighted by molar-refractivity contribution is 8.00. The van der Waals surface area contributed by atoms with Gasteiger partial charge in [-0.1, -0.05) is 38.3 Å². The number of amides is 2. The second-order valence-electron chi connectivity index (χ2n) is 9.06. The Morgan fingerprint density at radius 1 is 1.06 bits per heavy atom. The van der Waals surface area contributed by atoms with E-state index >= 15 is 0 Å². The first-order chi connectivity index (χ1) is 15.9. The van der Waals surface area contributed by atoms with Gasteiger partial charge in [-0.15, -0.1) is 11.8 Å². The number of sulfonamides is 1. The average Bonchev–Trinajstić information content (AvgIpc) is 2.82. The third-order valence-electron chi connectivity index (χ3n) is 6.45. The van der Waals surface area contributed by atoms with Gasteiger partial charge in [-0.2, -0.15) is 0 Å². The second-order valence-corrected chi connectivity index (χ2v) is 12.2. The zero-order valence-electron chi connectivity index (χ0n) is 19.6. The first-order valence-corrected chi connectivity index (χ1v) is 14.8. The van der Waals surface area contributed by atoms with Crippen molar-refractivity contribution in [2.24, 2.45) is 5.92 Å². The predicted molar refractivity (Wildman–Crippen MR) is 133 cm³/mol. The quantitative estimate of drug-likeness (QED) is 0.485. The van der Waals surface area contributed by atoms with Crippen molar-refractivity contribution in [2.75, 3.05) is 31.1 Å². The second kappa shape index (κ2) is 12.8. The van der Waals surface area contributed by atoms with Gasteiger partial charge in [0.2, 0.25) is 15.9 Å². The molecule has 184 valence electrons. The van der Waals surface area contributed by atoms with E-state index in [1.807, 2.05) is 25.1 Å². The van der Waals surface area contributed by atoms with E-state index in [1.165, 1.54) is 48.2 Å². The van der Waals surface area contributed by atoms with Gasteiger partial charge >= 0.3 is 0 Å². The molecule has 1 aliphatic carbocycles. The van der Waals surface area contributed by atoms with Crippen molar-refractivity contribution in [1.29, 1.82) is 0 Å². The number of hydrogen-bond acceptors (Lipinski definition) is 5. The number of carbonyl (C=O) groups excluding carboxylic acids is 2. The summed E-state index contributed by atoms with van der Waals surface area (Å²) in [5.74, 6) is 0.874. The molecule has 7 nitrogen and oxygen atoms in total. The van der Waals surface area contributed by atoms with Crippen LogP contribution >= 0.6 is 11.8 Å². The van der Waals surface area contributed by atoms with Crippen molar-refractivity contribution >= 4 is 33.6 Å². The fourth-order valence-electron chi connectivity index (χ4n) is 4.55. The lowest BCUT2D eigenvalue weighted by molar-refractivity contribution is -0.118. The number of benzene rings is 1. The molecule has 0 spiro atoms. The zero-order valence-corrected chi connectivity index (χ0v) is 21.2. The standard InChI is InChI=1S/C24H37N3O4S2/c1-2-16-33(30,31)27-14-12-20(13-15-27)26-24(29)21-10-6-7-11-22(21)32-18-23(28)25-17-19-8-4-3-5-9-19/h6-7,10-11,19-20H,2-5,8-9,12-18H2,1H3,(H,25,28)(H,26,29). The van der Waals surface area contributed by atoms with E-state index in [1.54, 1.807) is 6.07 Å². The SMILES string of the molecule is CCCS(=O)(=O)N1CCC(NC(=O)c2ccccc2SCC(=O)NCC2CCCCC2)CC1. The lowest BCUT2D eigenvalue weighted by Crippen LogP contribution is -2.47. The summed E-state index contributed by atoms with van der Waals surface area (Å²) < 4.78 is 26.0. The maximum Gasteiger partial charge on any atom is 0.252 e. The summed E-state index contributed by atoms with van der Waals surface area (Å²) in [6.07, 6.45) is 8.01. The van der Waals surface area contributed by atoms with E-state index in [-0.39, 0.29) is 29.4 Å². The molecule has 1 saturated heterocycles. The van der Waals surface area contributed by atoms with E-state index in [2.05, 4.69) is 10.6 Å². The van der Waals surface area contributed by atoms with Crippen LogP contribution in [0.5, 0.6) is 0 Å². The molecule has 0 aromatic heterocycles. The lowest BCUT2D eigenvalue weighted by Gasteiger charge is -2.31. The molecule has 1 aromatic carbocycles. The summed E-state index contributed by atoms with van der Waals surface area (Å²) in [4.78, 5) is 26.0. The Bertz CT molecular complexity index is 893. The smallest absolute Gasteiger partial charge is 0.252 e. The van der Waals surface area contributed by atoms with E-state index in [0.29, 0.717) is 43.8 Å². The van der Waals surface area contributed by atoms with Crippen LogP contribution in [0.1, 0.15) is 68.6 Å². The number of rotatable bonds is 10. The maximum atomic E-state index is 12.9. The highest BCUT2D eigenvalue weighted by atomic mass is 32.2. The van der Waals surface area contributed by atoms with Crippen molar-refractivity contribution in [3.05, 3.63) is 29.8 Å². The van der Waals surface area contributed by atoms with Crippen molar-refractivity contribution in [1.82, 2.24) is 14.9 Å². The molecule has 1 heterocycles. The fraction of sp³-hybridized carbons (Fsp3) is 0.667. The minimum Gasteiger partial charge on any atom is -0.355 e. The largest absolute Gasteiger partial charge is 0.355 e. The Morgan fingerprint density at radius 2 is 1.76 bits per heavy atom. The fourth-order valence-corrected chi connectivity index (χ4v) is 6.97. The van der Waals surface area contributed by atoms with E-state index in [4.69, 9.17) is 0 Å². The Kier molecular flexibility index (Phi) is 10.1. The van der Waals surface area contributed by atoms with Crippen LogP contribution in [0.3, 0.4) is 0 Å². The molecular weight excluding hydrogens is 458 g/mol. The van der Waals surface area contributed by atoms with Gasteiger partial charge < -0.3 is 10.6 Å². The minimum absolute atomic E-state index is 0.00134. The highest BCUT2D eigenvalue weighted by Gasteiger charge is 2.28. The predicted octanol–water partition coefficient (Wildman–Crippen LogP) is 3.41. The van der Waals surface area contributed by atoms with Crippen molar-refractivity contribution < 1.29 is 18.0 Å². The van der Waals surface area contributed by atoms with Gasteiger partial charge in [0.15, 0.2) is 0 Å². The summed E-state index contributed by atoms with van der Waals surface area (Å²) in [5.41, 5.74) is 0.559. The van der Waals surface area contributed by atoms with Gasteiger partial charge in [0.05, 0.1) is 17.1 Å². The topological polar surface area (TPSA) is 95.6 Å². The van der Waals surface area contributed by atoms with Gasteiger partial charge in [-0.3, -0.25) is 9.59 Å². The molecule has 9 heteroatoms. The molecule has 2 N–H and O–H groups in total. The number of nitrogens with zero attached hydrogens (tertiary/aromatic N) is 1. The third kappa shape index (κ3) is 8.00. The summed E-state index contributed by atoms with van der Waals surface area (Å²) >= 11 is 1.38. The third-order valence-corrected chi connectivity index (χ3v) is 9.60. The first-order valence-electron chi connectivity index (χ1n) is 12.2.